The van der Waals surface area contributed by atoms with E-state index >= 15 is 0 Å². The summed E-state index contributed by atoms with van der Waals surface area (Å²) in [4.78, 5) is 24.9. The minimum absolute atomic E-state index is 0.0286. The van der Waals surface area contributed by atoms with Crippen molar-refractivity contribution >= 4 is 35.1 Å². The van der Waals surface area contributed by atoms with Crippen LogP contribution in [0.4, 0.5) is 0 Å². The summed E-state index contributed by atoms with van der Waals surface area (Å²) in [5.74, 6) is -1.19. The van der Waals surface area contributed by atoms with Crippen molar-refractivity contribution in [1.29, 1.82) is 0 Å². The van der Waals surface area contributed by atoms with Gasteiger partial charge in [0.2, 0.25) is 5.91 Å². The minimum Gasteiger partial charge on any atom is -0.480 e. The lowest BCUT2D eigenvalue weighted by Crippen LogP contribution is -2.46. The summed E-state index contributed by atoms with van der Waals surface area (Å²) in [7, 11) is 1.66. The van der Waals surface area contributed by atoms with Crippen LogP contribution in [0.2, 0.25) is 10.0 Å². The second-order valence-electron chi connectivity index (χ2n) is 5.58. The first kappa shape index (κ1) is 19.7. The van der Waals surface area contributed by atoms with Gasteiger partial charge in [-0.25, -0.2) is 0 Å². The van der Waals surface area contributed by atoms with Gasteiger partial charge in [0.1, 0.15) is 6.04 Å². The van der Waals surface area contributed by atoms with Gasteiger partial charge in [0.25, 0.3) is 0 Å². The van der Waals surface area contributed by atoms with Crippen molar-refractivity contribution in [3.05, 3.63) is 33.8 Å². The Kier molecular flexibility index (Phi) is 7.82. The van der Waals surface area contributed by atoms with Crippen LogP contribution < -0.4 is 5.32 Å². The maximum atomic E-state index is 12.1. The third-order valence-corrected chi connectivity index (χ3v) is 4.52. The zero-order valence-corrected chi connectivity index (χ0v) is 15.0. The highest BCUT2D eigenvalue weighted by atomic mass is 35.5. The summed E-state index contributed by atoms with van der Waals surface area (Å²) in [5.41, 5.74) is 0.854. The van der Waals surface area contributed by atoms with Crippen molar-refractivity contribution < 1.29 is 14.7 Å². The van der Waals surface area contributed by atoms with Gasteiger partial charge in [0.15, 0.2) is 0 Å². The van der Waals surface area contributed by atoms with E-state index in [9.17, 15) is 14.7 Å². The van der Waals surface area contributed by atoms with Crippen LogP contribution in [0.5, 0.6) is 0 Å². The summed E-state index contributed by atoms with van der Waals surface area (Å²) in [6.45, 7) is 4.10. The van der Waals surface area contributed by atoms with Gasteiger partial charge in [0, 0.05) is 13.6 Å². The van der Waals surface area contributed by atoms with E-state index in [0.717, 1.165) is 12.0 Å². The van der Waals surface area contributed by atoms with Crippen molar-refractivity contribution in [1.82, 2.24) is 10.2 Å². The Balaban J connectivity index is 2.59. The van der Waals surface area contributed by atoms with Crippen LogP contribution in [0.3, 0.4) is 0 Å². The number of hydrogen-bond acceptors (Lipinski definition) is 3. The lowest BCUT2D eigenvalue weighted by molar-refractivity contribution is -0.141. The van der Waals surface area contributed by atoms with Gasteiger partial charge in [0.05, 0.1) is 16.6 Å². The molecule has 0 radical (unpaired) electrons. The highest BCUT2D eigenvalue weighted by Crippen LogP contribution is 2.23. The minimum atomic E-state index is -0.945. The molecule has 1 amide bonds. The third-order valence-electron chi connectivity index (χ3n) is 3.78. The number of benzene rings is 1. The first-order valence-electron chi connectivity index (χ1n) is 7.40. The molecule has 0 aliphatic heterocycles. The predicted molar refractivity (Wildman–Crippen MR) is 91.8 cm³/mol. The quantitative estimate of drug-likeness (QED) is 0.747. The highest BCUT2D eigenvalue weighted by Gasteiger charge is 2.24. The Morgan fingerprint density at radius 1 is 1.30 bits per heavy atom. The number of carboxylic acids is 1. The fraction of sp³-hybridized carbons (Fsp3) is 0.500. The van der Waals surface area contributed by atoms with E-state index in [1.54, 1.807) is 25.2 Å². The summed E-state index contributed by atoms with van der Waals surface area (Å²) < 4.78 is 0. The number of amides is 1. The maximum absolute atomic E-state index is 12.1. The summed E-state index contributed by atoms with van der Waals surface area (Å²) in [5, 5.41) is 12.9. The van der Waals surface area contributed by atoms with Gasteiger partial charge < -0.3 is 10.0 Å². The Bertz CT molecular complexity index is 566. The van der Waals surface area contributed by atoms with Crippen molar-refractivity contribution in [3.8, 4) is 0 Å². The molecular formula is C16H22Cl2N2O3. The number of nitrogens with zero attached hydrogens (tertiary/aromatic N) is 1. The lowest BCUT2D eigenvalue weighted by Gasteiger charge is -2.22. The molecule has 1 aromatic rings. The molecule has 0 aliphatic rings. The molecule has 0 aliphatic carbocycles. The van der Waals surface area contributed by atoms with Gasteiger partial charge in [-0.1, -0.05) is 49.5 Å². The smallest absolute Gasteiger partial charge is 0.320 e. The monoisotopic (exact) mass is 360 g/mol. The van der Waals surface area contributed by atoms with E-state index in [1.165, 1.54) is 4.90 Å². The number of aliphatic carboxylic acids is 1. The fourth-order valence-electron chi connectivity index (χ4n) is 2.10. The molecule has 1 aromatic carbocycles. The molecule has 0 heterocycles. The van der Waals surface area contributed by atoms with Crippen LogP contribution >= 0.6 is 23.2 Å². The number of nitrogens with one attached hydrogen (secondary N) is 1. The Labute approximate surface area is 146 Å². The molecule has 0 unspecified atom stereocenters. The predicted octanol–water partition coefficient (Wildman–Crippen LogP) is 3.04. The first-order chi connectivity index (χ1) is 10.8. The zero-order valence-electron chi connectivity index (χ0n) is 13.5. The molecule has 0 fully saturated rings. The number of halogens is 2. The molecule has 1 rings (SSSR count). The topological polar surface area (TPSA) is 69.6 Å². The van der Waals surface area contributed by atoms with E-state index in [-0.39, 0.29) is 18.4 Å². The molecule has 0 aromatic heterocycles. The normalized spacial score (nSPS) is 13.4. The second-order valence-corrected chi connectivity index (χ2v) is 6.40. The van der Waals surface area contributed by atoms with E-state index in [4.69, 9.17) is 23.2 Å². The molecule has 2 atom stereocenters. The highest BCUT2D eigenvalue weighted by molar-refractivity contribution is 6.42. The Morgan fingerprint density at radius 3 is 2.48 bits per heavy atom. The average Bonchev–Trinajstić information content (AvgIpc) is 2.50. The van der Waals surface area contributed by atoms with Crippen LogP contribution in [-0.2, 0) is 16.1 Å². The molecule has 0 saturated carbocycles. The number of likely N-dealkylation sites (N-methyl/N-ethyl adjacent to an activating group) is 1. The van der Waals surface area contributed by atoms with Crippen molar-refractivity contribution in [2.75, 3.05) is 13.6 Å². The van der Waals surface area contributed by atoms with Crippen LogP contribution in [0.15, 0.2) is 18.2 Å². The summed E-state index contributed by atoms with van der Waals surface area (Å²) in [6, 6.07) is 4.45. The van der Waals surface area contributed by atoms with Gasteiger partial charge in [-0.15, -0.1) is 0 Å². The van der Waals surface area contributed by atoms with Crippen molar-refractivity contribution in [2.24, 2.45) is 5.92 Å². The van der Waals surface area contributed by atoms with Crippen LogP contribution in [-0.4, -0.2) is 41.5 Å². The molecule has 0 bridgehead atoms. The van der Waals surface area contributed by atoms with Gasteiger partial charge in [-0.3, -0.25) is 14.9 Å². The molecule has 128 valence electrons. The molecule has 23 heavy (non-hydrogen) atoms. The van der Waals surface area contributed by atoms with Crippen LogP contribution in [0.25, 0.3) is 0 Å². The second kappa shape index (κ2) is 9.11. The fourth-order valence-corrected chi connectivity index (χ4v) is 2.42. The lowest BCUT2D eigenvalue weighted by atomic mass is 9.99. The number of carboxylic acid groups (broad SMARTS) is 1. The summed E-state index contributed by atoms with van der Waals surface area (Å²) in [6.07, 6.45) is 0.720. The SMILES string of the molecule is CC[C@H](C)[C@H](NCC(=O)N(C)Cc1ccc(Cl)c(Cl)c1)C(=O)O. The van der Waals surface area contributed by atoms with Gasteiger partial charge >= 0.3 is 5.97 Å². The number of carbonyl (C=O) groups is 2. The van der Waals surface area contributed by atoms with E-state index < -0.39 is 12.0 Å². The van der Waals surface area contributed by atoms with E-state index in [1.807, 2.05) is 13.8 Å². The first-order valence-corrected chi connectivity index (χ1v) is 8.15. The zero-order chi connectivity index (χ0) is 17.6. The number of carbonyl (C=O) groups excluding carboxylic acids is 1. The average molecular weight is 361 g/mol. The largest absolute Gasteiger partial charge is 0.480 e. The molecule has 5 nitrogen and oxygen atoms in total. The molecule has 0 spiro atoms. The maximum Gasteiger partial charge on any atom is 0.320 e. The van der Waals surface area contributed by atoms with Gasteiger partial charge in [-0.2, -0.15) is 0 Å². The third kappa shape index (κ3) is 6.01. The Morgan fingerprint density at radius 2 is 1.96 bits per heavy atom. The standard InChI is InChI=1S/C16H22Cl2N2O3/c1-4-10(2)15(16(22)23)19-8-14(21)20(3)9-11-5-6-12(17)13(18)7-11/h5-7,10,15,19H,4,8-9H2,1-3H3,(H,22,23)/t10-,15-/m0/s1. The molecule has 0 saturated heterocycles. The van der Waals surface area contributed by atoms with Crippen LogP contribution in [0.1, 0.15) is 25.8 Å². The Hall–Kier alpha value is -1.30. The number of hydrogen-bond donors (Lipinski definition) is 2. The van der Waals surface area contributed by atoms with E-state index in [2.05, 4.69) is 5.32 Å². The number of rotatable bonds is 8. The van der Waals surface area contributed by atoms with E-state index in [0.29, 0.717) is 16.6 Å². The molecule has 7 heteroatoms. The van der Waals surface area contributed by atoms with Crippen molar-refractivity contribution in [2.45, 2.75) is 32.9 Å². The summed E-state index contributed by atoms with van der Waals surface area (Å²) >= 11 is 11.8. The molecule has 2 N–H and O–H groups in total. The molecular weight excluding hydrogens is 339 g/mol. The van der Waals surface area contributed by atoms with Crippen LogP contribution in [0, 0.1) is 5.92 Å². The van der Waals surface area contributed by atoms with Crippen molar-refractivity contribution in [3.63, 3.8) is 0 Å². The van der Waals surface area contributed by atoms with Gasteiger partial charge in [-0.05, 0) is 23.6 Å².